The van der Waals surface area contributed by atoms with Crippen LogP contribution in [-0.2, 0) is 5.60 Å². The van der Waals surface area contributed by atoms with Crippen LogP contribution in [0, 0.1) is 5.92 Å². The maximum absolute atomic E-state index is 10.4. The highest BCUT2D eigenvalue weighted by Crippen LogP contribution is 2.54. The van der Waals surface area contributed by atoms with Gasteiger partial charge in [0, 0.05) is 0 Å². The lowest BCUT2D eigenvalue weighted by molar-refractivity contribution is 0.128. The number of benzene rings is 1. The molecule has 2 unspecified atom stereocenters. The van der Waals surface area contributed by atoms with Gasteiger partial charge in [-0.2, -0.15) is 0 Å². The van der Waals surface area contributed by atoms with E-state index in [1.807, 2.05) is 30.3 Å². The highest BCUT2D eigenvalue weighted by atomic mass is 16.3. The smallest absolute Gasteiger partial charge is 0.0929 e. The summed E-state index contributed by atoms with van der Waals surface area (Å²) in [6.45, 7) is 2.23. The summed E-state index contributed by atoms with van der Waals surface area (Å²) in [5, 5.41) is 10.4. The maximum Gasteiger partial charge on any atom is 0.0929 e. The Kier molecular flexibility index (Phi) is 3.65. The van der Waals surface area contributed by atoms with Gasteiger partial charge in [0.2, 0.25) is 0 Å². The Hall–Kier alpha value is -0.820. The van der Waals surface area contributed by atoms with Crippen LogP contribution in [0.5, 0.6) is 0 Å². The van der Waals surface area contributed by atoms with Gasteiger partial charge in [-0.1, -0.05) is 62.9 Å². The molecule has 1 aromatic rings. The third-order valence-electron chi connectivity index (χ3n) is 3.75. The van der Waals surface area contributed by atoms with Gasteiger partial charge in [0.25, 0.3) is 0 Å². The van der Waals surface area contributed by atoms with Gasteiger partial charge in [-0.05, 0) is 24.3 Å². The zero-order chi connectivity index (χ0) is 11.4. The van der Waals surface area contributed by atoms with E-state index in [1.165, 1.54) is 32.1 Å². The van der Waals surface area contributed by atoms with Crippen molar-refractivity contribution in [2.75, 3.05) is 0 Å². The summed E-state index contributed by atoms with van der Waals surface area (Å²) in [5.74, 6) is 0.506. The molecule has 1 aliphatic carbocycles. The van der Waals surface area contributed by atoms with Gasteiger partial charge in [-0.3, -0.25) is 0 Å². The summed E-state index contributed by atoms with van der Waals surface area (Å²) in [6.07, 6.45) is 7.35. The second kappa shape index (κ2) is 5.01. The average Bonchev–Trinajstić information content (AvgIpc) is 2.99. The fourth-order valence-electron chi connectivity index (χ4n) is 2.56. The summed E-state index contributed by atoms with van der Waals surface area (Å²) in [5.41, 5.74) is 0.614. The average molecular weight is 218 g/mol. The molecule has 0 aromatic heterocycles. The fraction of sp³-hybridized carbons (Fsp3) is 0.600. The summed E-state index contributed by atoms with van der Waals surface area (Å²) < 4.78 is 0. The van der Waals surface area contributed by atoms with Crippen LogP contribution in [0.15, 0.2) is 30.3 Å². The van der Waals surface area contributed by atoms with Crippen molar-refractivity contribution >= 4 is 0 Å². The van der Waals surface area contributed by atoms with Crippen LogP contribution >= 0.6 is 0 Å². The summed E-state index contributed by atoms with van der Waals surface area (Å²) in [7, 11) is 0. The van der Waals surface area contributed by atoms with Crippen molar-refractivity contribution < 1.29 is 5.11 Å². The molecule has 16 heavy (non-hydrogen) atoms. The molecule has 1 aliphatic rings. The predicted molar refractivity (Wildman–Crippen MR) is 67.2 cm³/mol. The topological polar surface area (TPSA) is 20.2 Å². The first-order valence-corrected chi connectivity index (χ1v) is 6.55. The molecule has 0 heterocycles. The molecule has 1 N–H and O–H groups in total. The molecular weight excluding hydrogens is 196 g/mol. The Bertz CT molecular complexity index is 319. The molecule has 1 nitrogen and oxygen atoms in total. The molecule has 0 bridgehead atoms. The van der Waals surface area contributed by atoms with Gasteiger partial charge in [-0.25, -0.2) is 0 Å². The lowest BCUT2D eigenvalue weighted by Crippen LogP contribution is -2.08. The molecule has 0 saturated heterocycles. The summed E-state index contributed by atoms with van der Waals surface area (Å²) in [6, 6.07) is 10.1. The Morgan fingerprint density at radius 1 is 1.19 bits per heavy atom. The molecule has 1 aromatic carbocycles. The minimum Gasteiger partial charge on any atom is -0.385 e. The van der Waals surface area contributed by atoms with E-state index in [-0.39, 0.29) is 0 Å². The van der Waals surface area contributed by atoms with E-state index in [2.05, 4.69) is 6.92 Å². The van der Waals surface area contributed by atoms with Crippen molar-refractivity contribution in [2.24, 2.45) is 5.92 Å². The Morgan fingerprint density at radius 3 is 2.62 bits per heavy atom. The highest BCUT2D eigenvalue weighted by Gasteiger charge is 2.53. The molecular formula is C15H22O. The number of hydrogen-bond acceptors (Lipinski definition) is 1. The first kappa shape index (κ1) is 11.7. The fourth-order valence-corrected chi connectivity index (χ4v) is 2.56. The third kappa shape index (κ3) is 2.46. The van der Waals surface area contributed by atoms with Crippen LogP contribution in [-0.4, -0.2) is 5.11 Å². The van der Waals surface area contributed by atoms with Gasteiger partial charge in [0.15, 0.2) is 0 Å². The molecule has 1 saturated carbocycles. The Labute approximate surface area is 98.5 Å². The second-order valence-electron chi connectivity index (χ2n) is 5.04. The number of unbranched alkanes of at least 4 members (excludes halogenated alkanes) is 3. The number of hydrogen-bond donors (Lipinski definition) is 1. The zero-order valence-corrected chi connectivity index (χ0v) is 10.2. The summed E-state index contributed by atoms with van der Waals surface area (Å²) in [4.78, 5) is 0. The first-order chi connectivity index (χ1) is 7.77. The van der Waals surface area contributed by atoms with Crippen LogP contribution in [0.2, 0.25) is 0 Å². The normalized spacial score (nSPS) is 28.0. The predicted octanol–water partition coefficient (Wildman–Crippen LogP) is 3.86. The van der Waals surface area contributed by atoms with E-state index in [9.17, 15) is 5.11 Å². The Balaban J connectivity index is 1.80. The summed E-state index contributed by atoms with van der Waals surface area (Å²) >= 11 is 0. The van der Waals surface area contributed by atoms with Crippen molar-refractivity contribution in [3.05, 3.63) is 35.9 Å². The van der Waals surface area contributed by atoms with Crippen LogP contribution in [0.4, 0.5) is 0 Å². The van der Waals surface area contributed by atoms with Gasteiger partial charge < -0.3 is 5.11 Å². The molecule has 1 heteroatoms. The minimum atomic E-state index is -0.493. The van der Waals surface area contributed by atoms with Gasteiger partial charge in [0.05, 0.1) is 5.60 Å². The molecule has 2 atom stereocenters. The van der Waals surface area contributed by atoms with Crippen molar-refractivity contribution in [3.8, 4) is 0 Å². The van der Waals surface area contributed by atoms with E-state index in [0.29, 0.717) is 5.92 Å². The number of aliphatic hydroxyl groups is 1. The van der Waals surface area contributed by atoms with Crippen LogP contribution in [0.25, 0.3) is 0 Å². The quantitative estimate of drug-likeness (QED) is 0.719. The van der Waals surface area contributed by atoms with Crippen LogP contribution in [0.1, 0.15) is 51.0 Å². The Morgan fingerprint density at radius 2 is 1.94 bits per heavy atom. The largest absolute Gasteiger partial charge is 0.385 e. The lowest BCUT2D eigenvalue weighted by atomic mass is 10.0. The van der Waals surface area contributed by atoms with Crippen molar-refractivity contribution in [3.63, 3.8) is 0 Å². The first-order valence-electron chi connectivity index (χ1n) is 6.55. The van der Waals surface area contributed by atoms with E-state index in [1.54, 1.807) is 0 Å². The minimum absolute atomic E-state index is 0.493. The van der Waals surface area contributed by atoms with E-state index < -0.39 is 5.60 Å². The van der Waals surface area contributed by atoms with Crippen LogP contribution in [0.3, 0.4) is 0 Å². The lowest BCUT2D eigenvalue weighted by Gasteiger charge is -2.10. The van der Waals surface area contributed by atoms with Crippen LogP contribution < -0.4 is 0 Å². The standard InChI is InChI=1S/C15H22O/c1-2-3-4-6-11-14-12-15(14,16)13-9-7-5-8-10-13/h5,7-10,14,16H,2-4,6,11-12H2,1H3. The molecule has 0 spiro atoms. The van der Waals surface area contributed by atoms with Gasteiger partial charge in [-0.15, -0.1) is 0 Å². The van der Waals surface area contributed by atoms with Crippen molar-refractivity contribution in [1.82, 2.24) is 0 Å². The number of rotatable bonds is 6. The molecule has 2 rings (SSSR count). The molecule has 0 aliphatic heterocycles. The molecule has 0 radical (unpaired) electrons. The maximum atomic E-state index is 10.4. The van der Waals surface area contributed by atoms with Crippen molar-refractivity contribution in [2.45, 2.75) is 51.0 Å². The van der Waals surface area contributed by atoms with E-state index >= 15 is 0 Å². The van der Waals surface area contributed by atoms with E-state index in [4.69, 9.17) is 0 Å². The monoisotopic (exact) mass is 218 g/mol. The second-order valence-corrected chi connectivity index (χ2v) is 5.04. The molecule has 1 fully saturated rings. The van der Waals surface area contributed by atoms with Gasteiger partial charge in [0.1, 0.15) is 0 Å². The highest BCUT2D eigenvalue weighted by molar-refractivity contribution is 5.29. The SMILES string of the molecule is CCCCCCC1CC1(O)c1ccccc1. The van der Waals surface area contributed by atoms with Crippen molar-refractivity contribution in [1.29, 1.82) is 0 Å². The third-order valence-corrected chi connectivity index (χ3v) is 3.75. The zero-order valence-electron chi connectivity index (χ0n) is 10.2. The van der Waals surface area contributed by atoms with E-state index in [0.717, 1.165) is 12.0 Å². The molecule has 88 valence electrons. The van der Waals surface area contributed by atoms with Gasteiger partial charge >= 0.3 is 0 Å². The molecule has 0 amide bonds.